The van der Waals surface area contributed by atoms with Crippen molar-refractivity contribution in [2.45, 2.75) is 18.9 Å². The van der Waals surface area contributed by atoms with E-state index in [-0.39, 0.29) is 23.9 Å². The van der Waals surface area contributed by atoms with Crippen molar-refractivity contribution in [3.05, 3.63) is 35.1 Å². The first-order valence-electron chi connectivity index (χ1n) is 5.57. The third-order valence-corrected chi connectivity index (χ3v) is 3.15. The lowest BCUT2D eigenvalue weighted by atomic mass is 9.87. The topological polar surface area (TPSA) is 35.2 Å². The van der Waals surface area contributed by atoms with Gasteiger partial charge in [-0.2, -0.15) is 0 Å². The first kappa shape index (κ1) is 15.3. The van der Waals surface area contributed by atoms with Crippen LogP contribution >= 0.6 is 12.4 Å². The molecule has 2 N–H and O–H groups in total. The van der Waals surface area contributed by atoms with Crippen molar-refractivity contribution in [1.29, 1.82) is 0 Å². The van der Waals surface area contributed by atoms with Gasteiger partial charge in [-0.3, -0.25) is 0 Å². The van der Waals surface area contributed by atoms with E-state index in [1.807, 2.05) is 0 Å². The average molecular weight is 282 g/mol. The van der Waals surface area contributed by atoms with Crippen molar-refractivity contribution in [2.75, 3.05) is 13.2 Å². The quantitative estimate of drug-likeness (QED) is 0.904. The maximum absolute atomic E-state index is 13.5. The molecule has 0 spiro atoms. The van der Waals surface area contributed by atoms with Crippen LogP contribution in [-0.4, -0.2) is 13.2 Å². The molecule has 18 heavy (non-hydrogen) atoms. The molecule has 1 aromatic carbocycles. The van der Waals surface area contributed by atoms with Gasteiger partial charge in [-0.1, -0.05) is 0 Å². The molecule has 1 heterocycles. The Kier molecular flexibility index (Phi) is 5.44. The predicted molar refractivity (Wildman–Crippen MR) is 64.0 cm³/mol. The van der Waals surface area contributed by atoms with Crippen LogP contribution in [0.4, 0.5) is 13.2 Å². The van der Waals surface area contributed by atoms with E-state index < -0.39 is 23.5 Å². The van der Waals surface area contributed by atoms with Crippen molar-refractivity contribution in [2.24, 2.45) is 11.7 Å². The summed E-state index contributed by atoms with van der Waals surface area (Å²) in [5.74, 6) is -2.79. The Bertz CT molecular complexity index is 387. The summed E-state index contributed by atoms with van der Waals surface area (Å²) in [7, 11) is 0. The van der Waals surface area contributed by atoms with Gasteiger partial charge in [0.1, 0.15) is 17.5 Å². The highest BCUT2D eigenvalue weighted by atomic mass is 35.5. The third kappa shape index (κ3) is 3.16. The second-order valence-electron chi connectivity index (χ2n) is 4.26. The molecule has 1 aliphatic heterocycles. The van der Waals surface area contributed by atoms with Crippen molar-refractivity contribution >= 4 is 12.4 Å². The van der Waals surface area contributed by atoms with E-state index >= 15 is 0 Å². The summed E-state index contributed by atoms with van der Waals surface area (Å²) in [6, 6.07) is 0.578. The summed E-state index contributed by atoms with van der Waals surface area (Å²) in [6.45, 7) is 1.09. The van der Waals surface area contributed by atoms with E-state index in [9.17, 15) is 13.2 Å². The first-order chi connectivity index (χ1) is 8.09. The molecule has 0 unspecified atom stereocenters. The van der Waals surface area contributed by atoms with Crippen LogP contribution in [0.2, 0.25) is 0 Å². The molecule has 2 nitrogen and oxygen atoms in total. The van der Waals surface area contributed by atoms with Crippen molar-refractivity contribution < 1.29 is 17.9 Å². The Labute approximate surface area is 110 Å². The maximum Gasteiger partial charge on any atom is 0.133 e. The van der Waals surface area contributed by atoms with Gasteiger partial charge in [-0.15, -0.1) is 12.4 Å². The minimum Gasteiger partial charge on any atom is -0.381 e. The summed E-state index contributed by atoms with van der Waals surface area (Å²) in [5.41, 5.74) is 5.64. The van der Waals surface area contributed by atoms with Gasteiger partial charge < -0.3 is 10.5 Å². The zero-order chi connectivity index (χ0) is 12.4. The second-order valence-corrected chi connectivity index (χ2v) is 4.26. The third-order valence-electron chi connectivity index (χ3n) is 3.15. The molecule has 0 amide bonds. The molecule has 6 heteroatoms. The lowest BCUT2D eigenvalue weighted by Gasteiger charge is -2.28. The van der Waals surface area contributed by atoms with Gasteiger partial charge in [-0.05, 0) is 18.8 Å². The van der Waals surface area contributed by atoms with Crippen LogP contribution in [-0.2, 0) is 4.74 Å². The zero-order valence-corrected chi connectivity index (χ0v) is 10.5. The summed E-state index contributed by atoms with van der Waals surface area (Å²) in [5, 5.41) is 0. The van der Waals surface area contributed by atoms with Crippen LogP contribution < -0.4 is 5.73 Å². The highest BCUT2D eigenvalue weighted by molar-refractivity contribution is 5.85. The molecule has 1 aromatic rings. The SMILES string of the molecule is Cl.N[C@@H](c1c(F)cc(F)cc1F)C1CCOCC1. The fraction of sp³-hybridized carbons (Fsp3) is 0.500. The number of rotatable bonds is 2. The molecule has 102 valence electrons. The Hall–Kier alpha value is -0.780. The van der Waals surface area contributed by atoms with Crippen molar-refractivity contribution in [1.82, 2.24) is 0 Å². The lowest BCUT2D eigenvalue weighted by Crippen LogP contribution is -2.29. The predicted octanol–water partition coefficient (Wildman–Crippen LogP) is 2.95. The molecule has 0 radical (unpaired) electrons. The van der Waals surface area contributed by atoms with E-state index in [4.69, 9.17) is 10.5 Å². The summed E-state index contributed by atoms with van der Waals surface area (Å²) in [4.78, 5) is 0. The van der Waals surface area contributed by atoms with Gasteiger partial charge in [0.2, 0.25) is 0 Å². The van der Waals surface area contributed by atoms with Crippen molar-refractivity contribution in [3.8, 4) is 0 Å². The first-order valence-corrected chi connectivity index (χ1v) is 5.57. The molecule has 0 aromatic heterocycles. The Balaban J connectivity index is 0.00000162. The highest BCUT2D eigenvalue weighted by Gasteiger charge is 2.27. The van der Waals surface area contributed by atoms with Crippen LogP contribution in [0.25, 0.3) is 0 Å². The number of halogens is 4. The summed E-state index contributed by atoms with van der Waals surface area (Å²) in [6.07, 6.45) is 1.33. The molecule has 0 aliphatic carbocycles. The zero-order valence-electron chi connectivity index (χ0n) is 9.67. The van der Waals surface area contributed by atoms with Gasteiger partial charge in [0.05, 0.1) is 0 Å². The van der Waals surface area contributed by atoms with Gasteiger partial charge in [0, 0.05) is 37.0 Å². The van der Waals surface area contributed by atoms with Crippen LogP contribution in [0.3, 0.4) is 0 Å². The molecule has 0 saturated carbocycles. The Morgan fingerprint density at radius 2 is 1.61 bits per heavy atom. The minimum absolute atomic E-state index is 0. The molecule has 2 rings (SSSR count). The standard InChI is InChI=1S/C12H14F3NO.ClH/c13-8-5-9(14)11(10(15)6-8)12(16)7-1-3-17-4-2-7;/h5-7,12H,1-4,16H2;1H/t12-;/m1./s1. The van der Waals surface area contributed by atoms with Gasteiger partial charge in [-0.25, -0.2) is 13.2 Å². The van der Waals surface area contributed by atoms with E-state index in [0.29, 0.717) is 38.2 Å². The summed E-state index contributed by atoms with van der Waals surface area (Å²) >= 11 is 0. The second kappa shape index (κ2) is 6.41. The largest absolute Gasteiger partial charge is 0.381 e. The maximum atomic E-state index is 13.5. The molecule has 1 atom stereocenters. The van der Waals surface area contributed by atoms with Crippen LogP contribution in [0, 0.1) is 23.4 Å². The molecule has 0 bridgehead atoms. The lowest BCUT2D eigenvalue weighted by molar-refractivity contribution is 0.0575. The smallest absolute Gasteiger partial charge is 0.133 e. The van der Waals surface area contributed by atoms with E-state index in [0.717, 1.165) is 0 Å². The van der Waals surface area contributed by atoms with Crippen LogP contribution in [0.15, 0.2) is 12.1 Å². The number of benzene rings is 1. The van der Waals surface area contributed by atoms with E-state index in [1.165, 1.54) is 0 Å². The summed E-state index contributed by atoms with van der Waals surface area (Å²) < 4.78 is 45.0. The average Bonchev–Trinajstić information content (AvgIpc) is 2.28. The Morgan fingerprint density at radius 1 is 1.11 bits per heavy atom. The fourth-order valence-corrected chi connectivity index (χ4v) is 2.18. The fourth-order valence-electron chi connectivity index (χ4n) is 2.18. The Morgan fingerprint density at radius 3 is 2.11 bits per heavy atom. The van der Waals surface area contributed by atoms with Gasteiger partial charge in [0.15, 0.2) is 0 Å². The monoisotopic (exact) mass is 281 g/mol. The normalized spacial score (nSPS) is 18.2. The van der Waals surface area contributed by atoms with Gasteiger partial charge >= 0.3 is 0 Å². The van der Waals surface area contributed by atoms with Crippen molar-refractivity contribution in [3.63, 3.8) is 0 Å². The number of hydrogen-bond donors (Lipinski definition) is 1. The molecular weight excluding hydrogens is 267 g/mol. The van der Waals surface area contributed by atoms with Gasteiger partial charge in [0.25, 0.3) is 0 Å². The highest BCUT2D eigenvalue weighted by Crippen LogP contribution is 2.31. The number of ether oxygens (including phenoxy) is 1. The minimum atomic E-state index is -0.928. The van der Waals surface area contributed by atoms with E-state index in [2.05, 4.69) is 0 Å². The number of hydrogen-bond acceptors (Lipinski definition) is 2. The number of nitrogens with two attached hydrogens (primary N) is 1. The van der Waals surface area contributed by atoms with Crippen LogP contribution in [0.1, 0.15) is 24.4 Å². The molecular formula is C12H15ClF3NO. The van der Waals surface area contributed by atoms with Crippen LogP contribution in [0.5, 0.6) is 0 Å². The molecule has 1 fully saturated rings. The van der Waals surface area contributed by atoms with E-state index in [1.54, 1.807) is 0 Å². The molecule has 1 aliphatic rings. The molecule has 1 saturated heterocycles.